The van der Waals surface area contributed by atoms with Crippen LogP contribution in [0.15, 0.2) is 24.3 Å². The van der Waals surface area contributed by atoms with Gasteiger partial charge in [0.2, 0.25) is 0 Å². The highest BCUT2D eigenvalue weighted by atomic mass is 19.1. The summed E-state index contributed by atoms with van der Waals surface area (Å²) in [7, 11) is 0. The molecule has 0 amide bonds. The molecule has 1 aromatic rings. The van der Waals surface area contributed by atoms with E-state index in [1.165, 1.54) is 18.4 Å². The molecule has 1 nitrogen and oxygen atoms in total. The first-order valence-electron chi connectivity index (χ1n) is 6.08. The van der Waals surface area contributed by atoms with Crippen molar-refractivity contribution in [3.63, 3.8) is 0 Å². The number of piperidine rings is 1. The molecule has 1 N–H and O–H groups in total. The van der Waals surface area contributed by atoms with Crippen molar-refractivity contribution < 1.29 is 4.39 Å². The fraction of sp³-hybridized carbons (Fsp3) is 0.571. The van der Waals surface area contributed by atoms with Crippen LogP contribution >= 0.6 is 0 Å². The average molecular weight is 221 g/mol. The normalized spacial score (nSPS) is 22.1. The highest BCUT2D eigenvalue weighted by molar-refractivity contribution is 5.34. The molecule has 0 bridgehead atoms. The van der Waals surface area contributed by atoms with Crippen LogP contribution in [0.25, 0.3) is 0 Å². The Labute approximate surface area is 97.1 Å². The van der Waals surface area contributed by atoms with E-state index in [4.69, 9.17) is 0 Å². The SMILES string of the molecule is CC(C)(F)c1ccccc1C1CCCNC1. The summed E-state index contributed by atoms with van der Waals surface area (Å²) in [5.74, 6) is 0.472. The van der Waals surface area contributed by atoms with E-state index in [9.17, 15) is 4.39 Å². The van der Waals surface area contributed by atoms with Gasteiger partial charge in [0.25, 0.3) is 0 Å². The maximum Gasteiger partial charge on any atom is 0.130 e. The molecular formula is C14H20FN. The summed E-state index contributed by atoms with van der Waals surface area (Å²) < 4.78 is 14.1. The largest absolute Gasteiger partial charge is 0.316 e. The van der Waals surface area contributed by atoms with E-state index < -0.39 is 5.67 Å². The molecule has 0 saturated carbocycles. The zero-order valence-electron chi connectivity index (χ0n) is 10.1. The van der Waals surface area contributed by atoms with Crippen LogP contribution in [0.4, 0.5) is 4.39 Å². The van der Waals surface area contributed by atoms with Gasteiger partial charge in [-0.25, -0.2) is 4.39 Å². The maximum absolute atomic E-state index is 14.1. The predicted octanol–water partition coefficient (Wildman–Crippen LogP) is 3.36. The lowest BCUT2D eigenvalue weighted by atomic mass is 9.84. The lowest BCUT2D eigenvalue weighted by molar-refractivity contribution is 0.218. The third kappa shape index (κ3) is 2.43. The molecule has 1 aliphatic heterocycles. The second kappa shape index (κ2) is 4.54. The summed E-state index contributed by atoms with van der Waals surface area (Å²) in [4.78, 5) is 0. The molecule has 1 heterocycles. The van der Waals surface area contributed by atoms with Gasteiger partial charge in [-0.05, 0) is 50.3 Å². The molecule has 1 fully saturated rings. The highest BCUT2D eigenvalue weighted by Crippen LogP contribution is 2.34. The minimum Gasteiger partial charge on any atom is -0.316 e. The maximum atomic E-state index is 14.1. The van der Waals surface area contributed by atoms with E-state index in [0.717, 1.165) is 18.7 Å². The number of halogens is 1. The Morgan fingerprint density at radius 2 is 2.06 bits per heavy atom. The first-order chi connectivity index (χ1) is 7.59. The Bertz CT molecular complexity index is 348. The Kier molecular flexibility index (Phi) is 3.29. The summed E-state index contributed by atoms with van der Waals surface area (Å²) in [6.07, 6.45) is 2.35. The summed E-state index contributed by atoms with van der Waals surface area (Å²) in [6.45, 7) is 5.36. The third-order valence-electron chi connectivity index (χ3n) is 3.34. The Morgan fingerprint density at radius 1 is 1.31 bits per heavy atom. The van der Waals surface area contributed by atoms with Crippen molar-refractivity contribution in [3.05, 3.63) is 35.4 Å². The molecule has 1 saturated heterocycles. The molecule has 0 aliphatic carbocycles. The second-order valence-electron chi connectivity index (χ2n) is 5.10. The van der Waals surface area contributed by atoms with Gasteiger partial charge in [-0.15, -0.1) is 0 Å². The zero-order chi connectivity index (χ0) is 11.6. The van der Waals surface area contributed by atoms with Crippen LogP contribution in [-0.4, -0.2) is 13.1 Å². The van der Waals surface area contributed by atoms with Crippen molar-refractivity contribution in [2.45, 2.75) is 38.3 Å². The Balaban J connectivity index is 2.32. The topological polar surface area (TPSA) is 12.0 Å². The Morgan fingerprint density at radius 3 is 2.69 bits per heavy atom. The molecule has 0 aromatic heterocycles. The molecule has 2 rings (SSSR count). The van der Waals surface area contributed by atoms with E-state index in [0.29, 0.717) is 5.92 Å². The quantitative estimate of drug-likeness (QED) is 0.807. The number of nitrogens with one attached hydrogen (secondary N) is 1. The molecule has 0 radical (unpaired) electrons. The average Bonchev–Trinajstić information content (AvgIpc) is 2.29. The van der Waals surface area contributed by atoms with Gasteiger partial charge in [0.1, 0.15) is 5.67 Å². The smallest absolute Gasteiger partial charge is 0.130 e. The van der Waals surface area contributed by atoms with E-state index in [-0.39, 0.29) is 0 Å². The van der Waals surface area contributed by atoms with E-state index in [2.05, 4.69) is 11.4 Å². The van der Waals surface area contributed by atoms with Gasteiger partial charge in [-0.1, -0.05) is 24.3 Å². The van der Waals surface area contributed by atoms with Crippen LogP contribution in [0.3, 0.4) is 0 Å². The number of hydrogen-bond acceptors (Lipinski definition) is 1. The first-order valence-corrected chi connectivity index (χ1v) is 6.08. The Hall–Kier alpha value is -0.890. The van der Waals surface area contributed by atoms with E-state index in [1.54, 1.807) is 13.8 Å². The molecule has 1 aromatic carbocycles. The van der Waals surface area contributed by atoms with E-state index >= 15 is 0 Å². The first kappa shape index (κ1) is 11.6. The standard InChI is InChI=1S/C14H20FN/c1-14(2,15)13-8-4-3-7-12(13)11-6-5-9-16-10-11/h3-4,7-8,11,16H,5-6,9-10H2,1-2H3. The van der Waals surface area contributed by atoms with Gasteiger partial charge in [-0.2, -0.15) is 0 Å². The predicted molar refractivity (Wildman–Crippen MR) is 65.4 cm³/mol. The van der Waals surface area contributed by atoms with Crippen LogP contribution < -0.4 is 5.32 Å². The van der Waals surface area contributed by atoms with Crippen molar-refractivity contribution in [3.8, 4) is 0 Å². The lowest BCUT2D eigenvalue weighted by Gasteiger charge is -2.28. The minimum absolute atomic E-state index is 0.472. The van der Waals surface area contributed by atoms with Crippen molar-refractivity contribution in [1.82, 2.24) is 5.32 Å². The van der Waals surface area contributed by atoms with E-state index in [1.807, 2.05) is 18.2 Å². The van der Waals surface area contributed by atoms with Gasteiger partial charge in [-0.3, -0.25) is 0 Å². The lowest BCUT2D eigenvalue weighted by Crippen LogP contribution is -2.29. The molecule has 1 unspecified atom stereocenters. The zero-order valence-corrected chi connectivity index (χ0v) is 10.1. The van der Waals surface area contributed by atoms with Gasteiger partial charge in [0.15, 0.2) is 0 Å². The molecular weight excluding hydrogens is 201 g/mol. The number of benzene rings is 1. The molecule has 2 heteroatoms. The molecule has 1 aliphatic rings. The summed E-state index contributed by atoms with van der Waals surface area (Å²) in [5.41, 5.74) is 0.791. The van der Waals surface area contributed by atoms with Gasteiger partial charge in [0.05, 0.1) is 0 Å². The highest BCUT2D eigenvalue weighted by Gasteiger charge is 2.26. The summed E-state index contributed by atoms with van der Waals surface area (Å²) in [5, 5.41) is 3.39. The van der Waals surface area contributed by atoms with Crippen molar-refractivity contribution in [2.75, 3.05) is 13.1 Å². The molecule has 0 spiro atoms. The van der Waals surface area contributed by atoms with Crippen LogP contribution in [0.2, 0.25) is 0 Å². The minimum atomic E-state index is -1.24. The van der Waals surface area contributed by atoms with Crippen LogP contribution in [0.1, 0.15) is 43.7 Å². The molecule has 88 valence electrons. The second-order valence-corrected chi connectivity index (χ2v) is 5.10. The van der Waals surface area contributed by atoms with Gasteiger partial charge >= 0.3 is 0 Å². The number of rotatable bonds is 2. The monoisotopic (exact) mass is 221 g/mol. The number of hydrogen-bond donors (Lipinski definition) is 1. The summed E-state index contributed by atoms with van der Waals surface area (Å²) >= 11 is 0. The van der Waals surface area contributed by atoms with Gasteiger partial charge < -0.3 is 5.32 Å². The van der Waals surface area contributed by atoms with Crippen molar-refractivity contribution in [2.24, 2.45) is 0 Å². The third-order valence-corrected chi connectivity index (χ3v) is 3.34. The van der Waals surface area contributed by atoms with Crippen molar-refractivity contribution >= 4 is 0 Å². The van der Waals surface area contributed by atoms with Crippen LogP contribution in [-0.2, 0) is 5.67 Å². The molecule has 16 heavy (non-hydrogen) atoms. The number of alkyl halides is 1. The summed E-state index contributed by atoms with van der Waals surface area (Å²) in [6, 6.07) is 7.94. The molecule has 1 atom stereocenters. The van der Waals surface area contributed by atoms with Crippen molar-refractivity contribution in [1.29, 1.82) is 0 Å². The van der Waals surface area contributed by atoms with Crippen LogP contribution in [0.5, 0.6) is 0 Å². The van der Waals surface area contributed by atoms with Crippen LogP contribution in [0, 0.1) is 0 Å². The fourth-order valence-corrected chi connectivity index (χ4v) is 2.51. The fourth-order valence-electron chi connectivity index (χ4n) is 2.51. The van der Waals surface area contributed by atoms with Gasteiger partial charge in [0, 0.05) is 6.54 Å².